The van der Waals surface area contributed by atoms with Gasteiger partial charge in [0, 0.05) is 6.20 Å². The lowest BCUT2D eigenvalue weighted by atomic mass is 10.4. The summed E-state index contributed by atoms with van der Waals surface area (Å²) in [5.41, 5.74) is 3.23. The molecule has 0 atom stereocenters. The molecule has 76 valence electrons. The summed E-state index contributed by atoms with van der Waals surface area (Å²) < 4.78 is 0. The monoisotopic (exact) mass is 215 g/mol. The minimum atomic E-state index is -1.05. The number of pyridine rings is 1. The first-order valence-electron chi connectivity index (χ1n) is 3.64. The zero-order valence-corrected chi connectivity index (χ0v) is 8.28. The van der Waals surface area contributed by atoms with Crippen molar-refractivity contribution in [3.8, 4) is 0 Å². The fraction of sp³-hybridized carbons (Fsp3) is 0.125. The van der Waals surface area contributed by atoms with Gasteiger partial charge in [-0.2, -0.15) is 5.10 Å². The van der Waals surface area contributed by atoms with Crippen LogP contribution >= 0.6 is 12.4 Å². The molecule has 0 unspecified atom stereocenters. The number of carboxylic acids is 1. The summed E-state index contributed by atoms with van der Waals surface area (Å²) in [6.07, 6.45) is 3.18. The Morgan fingerprint density at radius 1 is 1.64 bits per heavy atom. The van der Waals surface area contributed by atoms with Gasteiger partial charge in [-0.15, -0.1) is 12.4 Å². The summed E-state index contributed by atoms with van der Waals surface area (Å²) in [5, 5.41) is 12.1. The second kappa shape index (κ2) is 5.93. The van der Waals surface area contributed by atoms with E-state index in [0.717, 1.165) is 0 Å². The predicted molar refractivity (Wildman–Crippen MR) is 55.9 cm³/mol. The first-order valence-corrected chi connectivity index (χ1v) is 3.64. The number of carboxylic acid groups (broad SMARTS) is 1. The Bertz CT molecular complexity index is 327. The van der Waals surface area contributed by atoms with Gasteiger partial charge in [0.1, 0.15) is 5.71 Å². The zero-order valence-electron chi connectivity index (χ0n) is 7.47. The molecule has 0 aliphatic heterocycles. The lowest BCUT2D eigenvalue weighted by Gasteiger charge is -1.98. The summed E-state index contributed by atoms with van der Waals surface area (Å²) in [6, 6.07) is 3.47. The third-order valence-corrected chi connectivity index (χ3v) is 1.32. The molecule has 1 rings (SSSR count). The quantitative estimate of drug-likeness (QED) is 0.590. The average Bonchev–Trinajstić information content (AvgIpc) is 2.15. The highest BCUT2D eigenvalue weighted by Gasteiger charge is 2.00. The van der Waals surface area contributed by atoms with Crippen molar-refractivity contribution < 1.29 is 9.90 Å². The van der Waals surface area contributed by atoms with Gasteiger partial charge >= 0.3 is 5.97 Å². The molecule has 0 radical (unpaired) electrons. The third-order valence-electron chi connectivity index (χ3n) is 1.32. The van der Waals surface area contributed by atoms with Crippen LogP contribution in [0.5, 0.6) is 0 Å². The standard InChI is InChI=1S/C8H9N3O2.ClH/c1-6(8(12)13)10-11-7-3-2-4-9-5-7;/h2-5,11H,1H3,(H,12,13);1H/b10-6+;. The summed E-state index contributed by atoms with van der Waals surface area (Å²) in [6.45, 7) is 1.41. The number of anilines is 1. The Hall–Kier alpha value is -1.62. The molecule has 6 heteroatoms. The van der Waals surface area contributed by atoms with E-state index in [-0.39, 0.29) is 18.1 Å². The van der Waals surface area contributed by atoms with Gasteiger partial charge < -0.3 is 5.11 Å². The van der Waals surface area contributed by atoms with Crippen LogP contribution in [0, 0.1) is 0 Å². The van der Waals surface area contributed by atoms with E-state index in [9.17, 15) is 4.79 Å². The van der Waals surface area contributed by atoms with E-state index in [1.807, 2.05) is 0 Å². The summed E-state index contributed by atoms with van der Waals surface area (Å²) in [4.78, 5) is 14.2. The number of nitrogens with zero attached hydrogens (tertiary/aromatic N) is 2. The summed E-state index contributed by atoms with van der Waals surface area (Å²) in [7, 11) is 0. The Morgan fingerprint density at radius 2 is 2.36 bits per heavy atom. The van der Waals surface area contributed by atoms with Crippen LogP contribution in [0.1, 0.15) is 6.92 Å². The van der Waals surface area contributed by atoms with Gasteiger partial charge in [0.2, 0.25) is 0 Å². The highest BCUT2D eigenvalue weighted by atomic mass is 35.5. The van der Waals surface area contributed by atoms with Crippen molar-refractivity contribution in [1.82, 2.24) is 4.98 Å². The van der Waals surface area contributed by atoms with Crippen molar-refractivity contribution in [3.63, 3.8) is 0 Å². The van der Waals surface area contributed by atoms with Gasteiger partial charge in [-0.3, -0.25) is 10.4 Å². The van der Waals surface area contributed by atoms with Crippen LogP contribution in [-0.4, -0.2) is 21.8 Å². The van der Waals surface area contributed by atoms with E-state index in [1.54, 1.807) is 24.5 Å². The molecule has 0 aliphatic carbocycles. The molecule has 14 heavy (non-hydrogen) atoms. The molecule has 1 heterocycles. The van der Waals surface area contributed by atoms with Crippen molar-refractivity contribution in [2.75, 3.05) is 5.43 Å². The van der Waals surface area contributed by atoms with Crippen molar-refractivity contribution in [2.24, 2.45) is 5.10 Å². The van der Waals surface area contributed by atoms with E-state index < -0.39 is 5.97 Å². The second-order valence-electron chi connectivity index (χ2n) is 2.36. The molecule has 5 nitrogen and oxygen atoms in total. The van der Waals surface area contributed by atoms with Crippen molar-refractivity contribution in [1.29, 1.82) is 0 Å². The van der Waals surface area contributed by atoms with E-state index in [2.05, 4.69) is 15.5 Å². The van der Waals surface area contributed by atoms with Gasteiger partial charge in [0.15, 0.2) is 0 Å². The van der Waals surface area contributed by atoms with Gasteiger partial charge in [-0.05, 0) is 19.1 Å². The number of halogens is 1. The Kier molecular flexibility index (Phi) is 5.24. The topological polar surface area (TPSA) is 74.6 Å². The number of nitrogens with one attached hydrogen (secondary N) is 1. The maximum Gasteiger partial charge on any atom is 0.351 e. The normalized spacial score (nSPS) is 10.2. The van der Waals surface area contributed by atoms with Crippen molar-refractivity contribution >= 4 is 29.8 Å². The Balaban J connectivity index is 0.00000169. The lowest BCUT2D eigenvalue weighted by molar-refractivity contribution is -0.129. The van der Waals surface area contributed by atoms with Crippen molar-refractivity contribution in [2.45, 2.75) is 6.92 Å². The number of carbonyl (C=O) groups is 1. The number of hydrogen-bond acceptors (Lipinski definition) is 4. The van der Waals surface area contributed by atoms with Crippen LogP contribution in [0.2, 0.25) is 0 Å². The maximum absolute atomic E-state index is 10.3. The maximum atomic E-state index is 10.3. The van der Waals surface area contributed by atoms with Gasteiger partial charge in [0.25, 0.3) is 0 Å². The second-order valence-corrected chi connectivity index (χ2v) is 2.36. The van der Waals surface area contributed by atoms with Crippen LogP contribution in [0.15, 0.2) is 29.6 Å². The summed E-state index contributed by atoms with van der Waals surface area (Å²) >= 11 is 0. The molecule has 0 aromatic carbocycles. The zero-order chi connectivity index (χ0) is 9.68. The highest BCUT2D eigenvalue weighted by molar-refractivity contribution is 6.34. The van der Waals surface area contributed by atoms with Crippen LogP contribution in [0.4, 0.5) is 5.69 Å². The lowest BCUT2D eigenvalue weighted by Crippen LogP contribution is -2.10. The molecular weight excluding hydrogens is 206 g/mol. The number of aromatic nitrogens is 1. The van der Waals surface area contributed by atoms with Crippen molar-refractivity contribution in [3.05, 3.63) is 24.5 Å². The van der Waals surface area contributed by atoms with Crippen LogP contribution in [0.3, 0.4) is 0 Å². The molecule has 2 N–H and O–H groups in total. The number of rotatable bonds is 3. The van der Waals surface area contributed by atoms with Crippen LogP contribution in [-0.2, 0) is 4.79 Å². The molecule has 0 bridgehead atoms. The minimum absolute atomic E-state index is 0. The van der Waals surface area contributed by atoms with Crippen LogP contribution < -0.4 is 5.43 Å². The first-order chi connectivity index (χ1) is 6.20. The van der Waals surface area contributed by atoms with Gasteiger partial charge in [-0.1, -0.05) is 0 Å². The van der Waals surface area contributed by atoms with Gasteiger partial charge in [-0.25, -0.2) is 4.79 Å². The van der Waals surface area contributed by atoms with E-state index in [4.69, 9.17) is 5.11 Å². The third kappa shape index (κ3) is 3.86. The molecule has 0 amide bonds. The first kappa shape index (κ1) is 12.4. The molecule has 0 fully saturated rings. The smallest absolute Gasteiger partial charge is 0.351 e. The number of hydrazone groups is 1. The average molecular weight is 216 g/mol. The Morgan fingerprint density at radius 3 is 2.86 bits per heavy atom. The molecule has 1 aromatic heterocycles. The fourth-order valence-corrected chi connectivity index (χ4v) is 0.625. The number of hydrogen-bond donors (Lipinski definition) is 2. The number of aliphatic carboxylic acids is 1. The van der Waals surface area contributed by atoms with E-state index in [1.165, 1.54) is 6.92 Å². The molecule has 0 saturated carbocycles. The van der Waals surface area contributed by atoms with Crippen LogP contribution in [0.25, 0.3) is 0 Å². The molecule has 0 saturated heterocycles. The van der Waals surface area contributed by atoms with E-state index in [0.29, 0.717) is 5.69 Å². The molecular formula is C8H10ClN3O2. The van der Waals surface area contributed by atoms with E-state index >= 15 is 0 Å². The SMILES string of the molecule is C/C(=N\Nc1cccnc1)C(=O)O.Cl. The minimum Gasteiger partial charge on any atom is -0.477 e. The van der Waals surface area contributed by atoms with Gasteiger partial charge in [0.05, 0.1) is 11.9 Å². The summed E-state index contributed by atoms with van der Waals surface area (Å²) in [5.74, 6) is -1.05. The Labute approximate surface area is 87.3 Å². The molecule has 1 aromatic rings. The largest absolute Gasteiger partial charge is 0.477 e. The molecule has 0 aliphatic rings. The molecule has 0 spiro atoms. The fourth-order valence-electron chi connectivity index (χ4n) is 0.625. The predicted octanol–water partition coefficient (Wildman–Crippen LogP) is 1.38. The highest BCUT2D eigenvalue weighted by Crippen LogP contribution is 2.01.